The van der Waals surface area contributed by atoms with Crippen molar-refractivity contribution >= 4 is 17.2 Å². The van der Waals surface area contributed by atoms with Crippen molar-refractivity contribution in [2.24, 2.45) is 0 Å². The predicted molar refractivity (Wildman–Crippen MR) is 86.0 cm³/mol. The highest BCUT2D eigenvalue weighted by molar-refractivity contribution is 7.17. The molecule has 0 bridgehead atoms. The maximum atomic E-state index is 12.2. The molecule has 0 saturated carbocycles. The SMILES string of the molecule is Cc1n[nH]c(C)c1CCNC(=O)c1ccc(-c2ccn[nH]2)s1. The number of aryl methyl sites for hydroxylation is 2. The number of aromatic amines is 2. The van der Waals surface area contributed by atoms with E-state index in [1.54, 1.807) is 6.20 Å². The Labute approximate surface area is 132 Å². The minimum atomic E-state index is -0.0467. The van der Waals surface area contributed by atoms with E-state index in [0.29, 0.717) is 11.4 Å². The van der Waals surface area contributed by atoms with Crippen molar-refractivity contribution in [3.05, 3.63) is 46.2 Å². The van der Waals surface area contributed by atoms with E-state index < -0.39 is 0 Å². The highest BCUT2D eigenvalue weighted by atomic mass is 32.1. The molecule has 0 aliphatic heterocycles. The van der Waals surface area contributed by atoms with Gasteiger partial charge < -0.3 is 5.32 Å². The molecule has 0 saturated heterocycles. The zero-order valence-corrected chi connectivity index (χ0v) is 13.3. The van der Waals surface area contributed by atoms with Crippen LogP contribution < -0.4 is 5.32 Å². The number of carbonyl (C=O) groups is 1. The number of amides is 1. The molecule has 0 unspecified atom stereocenters. The lowest BCUT2D eigenvalue weighted by atomic mass is 10.1. The average molecular weight is 315 g/mol. The molecule has 0 atom stereocenters. The first-order valence-electron chi connectivity index (χ1n) is 7.03. The molecule has 0 radical (unpaired) electrons. The summed E-state index contributed by atoms with van der Waals surface area (Å²) in [5.74, 6) is -0.0467. The molecule has 22 heavy (non-hydrogen) atoms. The number of H-pyrrole nitrogens is 2. The summed E-state index contributed by atoms with van der Waals surface area (Å²) in [6.45, 7) is 4.56. The minimum absolute atomic E-state index is 0.0467. The van der Waals surface area contributed by atoms with E-state index >= 15 is 0 Å². The van der Waals surface area contributed by atoms with Crippen molar-refractivity contribution in [2.75, 3.05) is 6.54 Å². The lowest BCUT2D eigenvalue weighted by Gasteiger charge is -2.04. The summed E-state index contributed by atoms with van der Waals surface area (Å²) >= 11 is 1.45. The van der Waals surface area contributed by atoms with Crippen molar-refractivity contribution in [3.63, 3.8) is 0 Å². The third-order valence-electron chi connectivity index (χ3n) is 3.54. The van der Waals surface area contributed by atoms with Gasteiger partial charge in [-0.3, -0.25) is 15.0 Å². The fourth-order valence-corrected chi connectivity index (χ4v) is 3.23. The van der Waals surface area contributed by atoms with Gasteiger partial charge in [-0.25, -0.2) is 0 Å². The van der Waals surface area contributed by atoms with Crippen LogP contribution in [-0.4, -0.2) is 32.8 Å². The Hall–Kier alpha value is -2.41. The van der Waals surface area contributed by atoms with Crippen LogP contribution in [0.1, 0.15) is 26.6 Å². The summed E-state index contributed by atoms with van der Waals surface area (Å²) in [7, 11) is 0. The van der Waals surface area contributed by atoms with Gasteiger partial charge >= 0.3 is 0 Å². The van der Waals surface area contributed by atoms with E-state index in [4.69, 9.17) is 0 Å². The Morgan fingerprint density at radius 1 is 1.27 bits per heavy atom. The quantitative estimate of drug-likeness (QED) is 0.676. The monoisotopic (exact) mass is 315 g/mol. The number of nitrogens with zero attached hydrogens (tertiary/aromatic N) is 2. The van der Waals surface area contributed by atoms with Crippen LogP contribution in [0.2, 0.25) is 0 Å². The summed E-state index contributed by atoms with van der Waals surface area (Å²) in [5, 5.41) is 16.9. The van der Waals surface area contributed by atoms with Gasteiger partial charge in [-0.05, 0) is 44.0 Å². The molecule has 0 aliphatic rings. The topological polar surface area (TPSA) is 86.5 Å². The largest absolute Gasteiger partial charge is 0.351 e. The van der Waals surface area contributed by atoms with Gasteiger partial charge in [0.25, 0.3) is 5.91 Å². The van der Waals surface area contributed by atoms with Crippen molar-refractivity contribution in [3.8, 4) is 10.6 Å². The van der Waals surface area contributed by atoms with Crippen LogP contribution in [-0.2, 0) is 6.42 Å². The number of rotatable bonds is 5. The fraction of sp³-hybridized carbons (Fsp3) is 0.267. The maximum absolute atomic E-state index is 12.2. The van der Waals surface area contributed by atoms with Gasteiger partial charge in [0.1, 0.15) is 0 Å². The zero-order chi connectivity index (χ0) is 15.5. The molecule has 114 valence electrons. The van der Waals surface area contributed by atoms with Crippen molar-refractivity contribution in [1.82, 2.24) is 25.7 Å². The number of carbonyl (C=O) groups excluding carboxylic acids is 1. The molecule has 0 spiro atoms. The first kappa shape index (κ1) is 14.5. The Kier molecular flexibility index (Phi) is 4.06. The smallest absolute Gasteiger partial charge is 0.261 e. The third kappa shape index (κ3) is 2.94. The Bertz CT molecular complexity index is 752. The molecule has 3 heterocycles. The normalized spacial score (nSPS) is 10.8. The second kappa shape index (κ2) is 6.15. The number of hydrogen-bond acceptors (Lipinski definition) is 4. The van der Waals surface area contributed by atoms with Crippen molar-refractivity contribution in [2.45, 2.75) is 20.3 Å². The standard InChI is InChI=1S/C15H17N5OS/c1-9-11(10(2)19-18-9)5-7-16-15(21)14-4-3-13(22-14)12-6-8-17-20-12/h3-4,6,8H,5,7H2,1-2H3,(H,16,21)(H,17,20)(H,18,19). The van der Waals surface area contributed by atoms with Gasteiger partial charge in [-0.2, -0.15) is 10.2 Å². The van der Waals surface area contributed by atoms with Crippen LogP contribution in [0.25, 0.3) is 10.6 Å². The average Bonchev–Trinajstić information content (AvgIpc) is 3.22. The first-order valence-corrected chi connectivity index (χ1v) is 7.85. The lowest BCUT2D eigenvalue weighted by Crippen LogP contribution is -2.25. The van der Waals surface area contributed by atoms with Crippen LogP contribution in [0.15, 0.2) is 24.4 Å². The summed E-state index contributed by atoms with van der Waals surface area (Å²) in [4.78, 5) is 13.9. The van der Waals surface area contributed by atoms with Crippen molar-refractivity contribution in [1.29, 1.82) is 0 Å². The summed E-state index contributed by atoms with van der Waals surface area (Å²) in [6, 6.07) is 5.65. The number of hydrogen-bond donors (Lipinski definition) is 3. The lowest BCUT2D eigenvalue weighted by molar-refractivity contribution is 0.0958. The minimum Gasteiger partial charge on any atom is -0.351 e. The summed E-state index contributed by atoms with van der Waals surface area (Å²) in [5.41, 5.74) is 4.15. The fourth-order valence-electron chi connectivity index (χ4n) is 2.33. The molecular formula is C15H17N5OS. The predicted octanol–water partition coefficient (Wildman–Crippen LogP) is 2.45. The molecule has 7 heteroatoms. The Morgan fingerprint density at radius 2 is 2.14 bits per heavy atom. The van der Waals surface area contributed by atoms with Gasteiger partial charge in [-0.15, -0.1) is 11.3 Å². The molecular weight excluding hydrogens is 298 g/mol. The molecule has 0 aromatic carbocycles. The first-order chi connectivity index (χ1) is 10.6. The van der Waals surface area contributed by atoms with E-state index in [2.05, 4.69) is 25.7 Å². The van der Waals surface area contributed by atoms with Gasteiger partial charge in [0, 0.05) is 18.4 Å². The van der Waals surface area contributed by atoms with Crippen LogP contribution in [0.5, 0.6) is 0 Å². The Morgan fingerprint density at radius 3 is 2.82 bits per heavy atom. The van der Waals surface area contributed by atoms with E-state index in [1.807, 2.05) is 32.0 Å². The van der Waals surface area contributed by atoms with Crippen LogP contribution >= 0.6 is 11.3 Å². The van der Waals surface area contributed by atoms with Gasteiger partial charge in [0.05, 0.1) is 21.1 Å². The highest BCUT2D eigenvalue weighted by Crippen LogP contribution is 2.26. The number of nitrogens with one attached hydrogen (secondary N) is 3. The summed E-state index contributed by atoms with van der Waals surface area (Å²) < 4.78 is 0. The van der Waals surface area contributed by atoms with Gasteiger partial charge in [0.2, 0.25) is 0 Å². The second-order valence-corrected chi connectivity index (χ2v) is 6.14. The van der Waals surface area contributed by atoms with E-state index in [1.165, 1.54) is 16.9 Å². The molecule has 0 aliphatic carbocycles. The molecule has 6 nitrogen and oxygen atoms in total. The molecule has 3 aromatic heterocycles. The molecule has 1 amide bonds. The number of thiophene rings is 1. The molecule has 3 N–H and O–H groups in total. The van der Waals surface area contributed by atoms with Crippen LogP contribution in [0, 0.1) is 13.8 Å². The third-order valence-corrected chi connectivity index (χ3v) is 4.65. The zero-order valence-electron chi connectivity index (χ0n) is 12.4. The Balaban J connectivity index is 1.59. The molecule has 3 rings (SSSR count). The van der Waals surface area contributed by atoms with E-state index in [9.17, 15) is 4.79 Å². The molecule has 0 fully saturated rings. The van der Waals surface area contributed by atoms with Crippen LogP contribution in [0.4, 0.5) is 0 Å². The maximum Gasteiger partial charge on any atom is 0.261 e. The molecule has 3 aromatic rings. The van der Waals surface area contributed by atoms with E-state index in [0.717, 1.165) is 28.4 Å². The summed E-state index contributed by atoms with van der Waals surface area (Å²) in [6.07, 6.45) is 2.48. The van der Waals surface area contributed by atoms with Gasteiger partial charge in [0.15, 0.2) is 0 Å². The second-order valence-electron chi connectivity index (χ2n) is 5.05. The van der Waals surface area contributed by atoms with Crippen molar-refractivity contribution < 1.29 is 4.79 Å². The highest BCUT2D eigenvalue weighted by Gasteiger charge is 2.11. The van der Waals surface area contributed by atoms with E-state index in [-0.39, 0.29) is 5.91 Å². The van der Waals surface area contributed by atoms with Crippen LogP contribution in [0.3, 0.4) is 0 Å². The number of aromatic nitrogens is 4. The van der Waals surface area contributed by atoms with Gasteiger partial charge in [-0.1, -0.05) is 0 Å².